The number of nitrogens with zero attached hydrogens (tertiary/aromatic N) is 1. The van der Waals surface area contributed by atoms with E-state index >= 15 is 0 Å². The molecule has 2 fully saturated rings. The van der Waals surface area contributed by atoms with E-state index in [1.807, 2.05) is 0 Å². The summed E-state index contributed by atoms with van der Waals surface area (Å²) in [6.07, 6.45) is 5.74. The van der Waals surface area contributed by atoms with E-state index in [-0.39, 0.29) is 16.7 Å². The molecular weight excluding hydrogens is 280 g/mol. The average Bonchev–Trinajstić information content (AvgIpc) is 2.48. The first-order valence-corrected chi connectivity index (χ1v) is 10.2. The van der Waals surface area contributed by atoms with Crippen molar-refractivity contribution in [3.63, 3.8) is 0 Å². The lowest BCUT2D eigenvalue weighted by Crippen LogP contribution is -2.63. The van der Waals surface area contributed by atoms with Gasteiger partial charge in [0.25, 0.3) is 0 Å². The minimum absolute atomic E-state index is 0.0634. The van der Waals surface area contributed by atoms with Crippen molar-refractivity contribution < 1.29 is 8.42 Å². The number of hydrogen-bond acceptors (Lipinski definition) is 5. The minimum Gasteiger partial charge on any atom is -0.329 e. The van der Waals surface area contributed by atoms with Crippen LogP contribution in [0.1, 0.15) is 39.0 Å². The Morgan fingerprint density at radius 1 is 1.32 bits per heavy atom. The molecule has 19 heavy (non-hydrogen) atoms. The fraction of sp³-hybridized carbons (Fsp3) is 1.00. The molecular formula is C13H26N2O2S2. The van der Waals surface area contributed by atoms with Gasteiger partial charge in [0, 0.05) is 35.9 Å². The molecule has 1 saturated carbocycles. The van der Waals surface area contributed by atoms with Crippen molar-refractivity contribution in [3.8, 4) is 0 Å². The molecule has 0 amide bonds. The van der Waals surface area contributed by atoms with Crippen LogP contribution >= 0.6 is 11.8 Å². The number of hydrogen-bond donors (Lipinski definition) is 1. The van der Waals surface area contributed by atoms with E-state index in [9.17, 15) is 8.42 Å². The molecule has 0 aromatic carbocycles. The lowest BCUT2D eigenvalue weighted by Gasteiger charge is -2.50. The molecule has 6 heteroatoms. The van der Waals surface area contributed by atoms with Gasteiger partial charge in [-0.2, -0.15) is 11.8 Å². The lowest BCUT2D eigenvalue weighted by molar-refractivity contribution is 0.0531. The van der Waals surface area contributed by atoms with Crippen molar-refractivity contribution in [2.24, 2.45) is 5.73 Å². The largest absolute Gasteiger partial charge is 0.329 e. The van der Waals surface area contributed by atoms with Crippen LogP contribution in [0.4, 0.5) is 0 Å². The van der Waals surface area contributed by atoms with Crippen molar-refractivity contribution in [1.29, 1.82) is 0 Å². The van der Waals surface area contributed by atoms with Crippen LogP contribution in [0.15, 0.2) is 0 Å². The highest BCUT2D eigenvalue weighted by atomic mass is 32.2. The zero-order chi connectivity index (χ0) is 13.9. The summed E-state index contributed by atoms with van der Waals surface area (Å²) in [5.41, 5.74) is 6.01. The summed E-state index contributed by atoms with van der Waals surface area (Å²) in [6, 6.07) is 0. The Kier molecular flexibility index (Phi) is 5.20. The second kappa shape index (κ2) is 6.33. The van der Waals surface area contributed by atoms with Gasteiger partial charge >= 0.3 is 0 Å². The fourth-order valence-electron chi connectivity index (χ4n) is 3.43. The summed E-state index contributed by atoms with van der Waals surface area (Å²) in [4.78, 5) is 2.25. The first kappa shape index (κ1) is 15.6. The molecule has 2 N–H and O–H groups in total. The highest BCUT2D eigenvalue weighted by molar-refractivity contribution is 8.01. The van der Waals surface area contributed by atoms with Crippen LogP contribution in [0.5, 0.6) is 0 Å². The average molecular weight is 306 g/mol. The van der Waals surface area contributed by atoms with Crippen molar-refractivity contribution in [1.82, 2.24) is 4.90 Å². The van der Waals surface area contributed by atoms with Gasteiger partial charge in [0.2, 0.25) is 0 Å². The van der Waals surface area contributed by atoms with Crippen LogP contribution in [0, 0.1) is 0 Å². The molecule has 0 bridgehead atoms. The molecule has 2 rings (SSSR count). The molecule has 0 spiro atoms. The van der Waals surface area contributed by atoms with Gasteiger partial charge in [-0.25, -0.2) is 8.42 Å². The summed E-state index contributed by atoms with van der Waals surface area (Å²) in [7, 11) is -3.02. The molecule has 4 nitrogen and oxygen atoms in total. The Morgan fingerprint density at radius 2 is 2.00 bits per heavy atom. The minimum atomic E-state index is -3.02. The van der Waals surface area contributed by atoms with Crippen LogP contribution in [0.25, 0.3) is 0 Å². The van der Waals surface area contributed by atoms with Crippen molar-refractivity contribution in [3.05, 3.63) is 0 Å². The summed E-state index contributed by atoms with van der Waals surface area (Å²) in [6.45, 7) is 3.21. The van der Waals surface area contributed by atoms with Crippen LogP contribution in [-0.4, -0.2) is 54.6 Å². The van der Waals surface area contributed by atoms with E-state index in [4.69, 9.17) is 5.73 Å². The predicted octanol–water partition coefficient (Wildman–Crippen LogP) is 1.46. The molecule has 1 heterocycles. The van der Waals surface area contributed by atoms with E-state index in [2.05, 4.69) is 4.90 Å². The van der Waals surface area contributed by atoms with Gasteiger partial charge in [-0.15, -0.1) is 0 Å². The van der Waals surface area contributed by atoms with Gasteiger partial charge in [-0.3, -0.25) is 4.90 Å². The maximum Gasteiger partial charge on any atom is 0.166 e. The first-order valence-electron chi connectivity index (χ1n) is 7.32. The van der Waals surface area contributed by atoms with E-state index < -0.39 is 9.84 Å². The van der Waals surface area contributed by atoms with Gasteiger partial charge in [-0.05, 0) is 12.8 Å². The highest BCUT2D eigenvalue weighted by Gasteiger charge is 2.45. The maximum absolute atomic E-state index is 12.4. The van der Waals surface area contributed by atoms with E-state index in [1.54, 1.807) is 18.7 Å². The predicted molar refractivity (Wildman–Crippen MR) is 82.2 cm³/mol. The maximum atomic E-state index is 12.4. The number of rotatable bonds is 4. The Balaban J connectivity index is 2.27. The molecule has 1 atom stereocenters. The van der Waals surface area contributed by atoms with Gasteiger partial charge in [0.1, 0.15) is 5.37 Å². The second-order valence-corrected chi connectivity index (χ2v) is 9.26. The Bertz CT molecular complexity index is 391. The van der Waals surface area contributed by atoms with E-state index in [1.165, 1.54) is 19.3 Å². The topological polar surface area (TPSA) is 63.4 Å². The smallest absolute Gasteiger partial charge is 0.166 e. The van der Waals surface area contributed by atoms with E-state index in [0.29, 0.717) is 12.3 Å². The van der Waals surface area contributed by atoms with Crippen LogP contribution in [-0.2, 0) is 9.84 Å². The Hall–Kier alpha value is 0.220. The molecule has 1 aliphatic carbocycles. The lowest BCUT2D eigenvalue weighted by atomic mass is 9.80. The summed E-state index contributed by atoms with van der Waals surface area (Å²) in [5, 5.41) is -0.321. The highest BCUT2D eigenvalue weighted by Crippen LogP contribution is 2.37. The van der Waals surface area contributed by atoms with Crippen molar-refractivity contribution in [2.45, 2.75) is 49.9 Å². The normalized spacial score (nSPS) is 29.3. The SMILES string of the molecule is CCS(=O)(=O)C1CSCCN1C1(CN)CCCCC1. The zero-order valence-corrected chi connectivity index (χ0v) is 13.4. The quantitative estimate of drug-likeness (QED) is 0.852. The van der Waals surface area contributed by atoms with Crippen LogP contribution in [0.3, 0.4) is 0 Å². The number of thioether (sulfide) groups is 1. The summed E-state index contributed by atoms with van der Waals surface area (Å²) < 4.78 is 24.7. The zero-order valence-electron chi connectivity index (χ0n) is 11.8. The molecule has 2 aliphatic rings. The van der Waals surface area contributed by atoms with Crippen LogP contribution < -0.4 is 5.73 Å². The van der Waals surface area contributed by atoms with Crippen molar-refractivity contribution >= 4 is 21.6 Å². The third kappa shape index (κ3) is 3.12. The number of sulfone groups is 1. The molecule has 1 aliphatic heterocycles. The molecule has 1 saturated heterocycles. The summed E-state index contributed by atoms with van der Waals surface area (Å²) in [5.74, 6) is 1.96. The third-order valence-corrected chi connectivity index (χ3v) is 7.96. The summed E-state index contributed by atoms with van der Waals surface area (Å²) >= 11 is 1.76. The van der Waals surface area contributed by atoms with Gasteiger partial charge in [-0.1, -0.05) is 26.2 Å². The molecule has 1 unspecified atom stereocenters. The van der Waals surface area contributed by atoms with Crippen LogP contribution in [0.2, 0.25) is 0 Å². The Morgan fingerprint density at radius 3 is 2.58 bits per heavy atom. The van der Waals surface area contributed by atoms with Gasteiger partial charge in [0.05, 0.1) is 0 Å². The number of nitrogens with two attached hydrogens (primary N) is 1. The van der Waals surface area contributed by atoms with E-state index in [0.717, 1.165) is 25.1 Å². The standard InChI is InChI=1S/C13H26N2O2S2/c1-2-19(16,17)12-10-18-9-8-15(12)13(11-14)6-4-3-5-7-13/h12H,2-11,14H2,1H3. The van der Waals surface area contributed by atoms with Gasteiger partial charge in [0.15, 0.2) is 9.84 Å². The van der Waals surface area contributed by atoms with Gasteiger partial charge < -0.3 is 5.73 Å². The fourth-order valence-corrected chi connectivity index (χ4v) is 6.53. The monoisotopic (exact) mass is 306 g/mol. The first-order chi connectivity index (χ1) is 9.06. The molecule has 112 valence electrons. The Labute approximate surface area is 121 Å². The molecule has 0 aromatic rings. The van der Waals surface area contributed by atoms with Crippen molar-refractivity contribution in [2.75, 3.05) is 30.3 Å². The second-order valence-electron chi connectivity index (χ2n) is 5.66. The molecule has 0 radical (unpaired) electrons. The molecule has 0 aromatic heterocycles. The third-order valence-electron chi connectivity index (χ3n) is 4.67.